The van der Waals surface area contributed by atoms with Gasteiger partial charge in [-0.05, 0) is 42.5 Å². The Bertz CT molecular complexity index is 333. The summed E-state index contributed by atoms with van der Waals surface area (Å²) in [7, 11) is 0. The fraction of sp³-hybridized carbons (Fsp3) is 0.500. The largest absolute Gasteiger partial charge is 0.490 e. The Morgan fingerprint density at radius 1 is 1.43 bits per heavy atom. The number of halogens is 1. The van der Waals surface area contributed by atoms with E-state index in [1.807, 2.05) is 0 Å². The first-order valence-corrected chi connectivity index (χ1v) is 5.12. The lowest BCUT2D eigenvalue weighted by Gasteiger charge is -2.28. The third-order valence-electron chi connectivity index (χ3n) is 2.74. The van der Waals surface area contributed by atoms with Crippen molar-refractivity contribution >= 4 is 0 Å². The standard InChI is InChI=1S/C12H15FO/c1-8(2)11-5-3-9-7-10(13)4-6-12(9)14-11/h4,6-8,11H,3,5H2,1-2H3/t11-/m0/s1. The van der Waals surface area contributed by atoms with Crippen molar-refractivity contribution in [2.75, 3.05) is 0 Å². The summed E-state index contributed by atoms with van der Waals surface area (Å²) in [5, 5.41) is 0. The van der Waals surface area contributed by atoms with Gasteiger partial charge in [0.1, 0.15) is 17.7 Å². The van der Waals surface area contributed by atoms with E-state index in [2.05, 4.69) is 13.8 Å². The maximum absolute atomic E-state index is 12.9. The van der Waals surface area contributed by atoms with Crippen molar-refractivity contribution in [1.82, 2.24) is 0 Å². The normalized spacial score (nSPS) is 20.4. The molecule has 0 aromatic heterocycles. The van der Waals surface area contributed by atoms with Gasteiger partial charge in [0.2, 0.25) is 0 Å². The van der Waals surface area contributed by atoms with Gasteiger partial charge >= 0.3 is 0 Å². The molecule has 0 unspecified atom stereocenters. The third-order valence-corrected chi connectivity index (χ3v) is 2.74. The van der Waals surface area contributed by atoms with E-state index in [0.29, 0.717) is 5.92 Å². The SMILES string of the molecule is CC(C)[C@@H]1CCc2cc(F)ccc2O1. The maximum Gasteiger partial charge on any atom is 0.123 e. The Hall–Kier alpha value is -1.05. The van der Waals surface area contributed by atoms with Crippen LogP contribution in [-0.2, 0) is 6.42 Å². The monoisotopic (exact) mass is 194 g/mol. The Kier molecular flexibility index (Phi) is 2.44. The van der Waals surface area contributed by atoms with E-state index in [9.17, 15) is 4.39 Å². The van der Waals surface area contributed by atoms with E-state index in [1.54, 1.807) is 12.1 Å². The molecule has 0 fully saturated rings. The first-order valence-electron chi connectivity index (χ1n) is 5.12. The van der Waals surface area contributed by atoms with Gasteiger partial charge in [0, 0.05) is 0 Å². The van der Waals surface area contributed by atoms with E-state index >= 15 is 0 Å². The van der Waals surface area contributed by atoms with Crippen LogP contribution in [0.5, 0.6) is 5.75 Å². The van der Waals surface area contributed by atoms with Gasteiger partial charge < -0.3 is 4.74 Å². The molecule has 1 nitrogen and oxygen atoms in total. The molecule has 1 aromatic rings. The quantitative estimate of drug-likeness (QED) is 0.667. The van der Waals surface area contributed by atoms with E-state index in [4.69, 9.17) is 4.74 Å². The molecule has 0 radical (unpaired) electrons. The molecule has 0 spiro atoms. The first kappa shape index (κ1) is 9.50. The summed E-state index contributed by atoms with van der Waals surface area (Å²) >= 11 is 0. The number of hydrogen-bond donors (Lipinski definition) is 0. The Morgan fingerprint density at radius 3 is 2.93 bits per heavy atom. The highest BCUT2D eigenvalue weighted by molar-refractivity contribution is 5.35. The van der Waals surface area contributed by atoms with Crippen molar-refractivity contribution in [3.8, 4) is 5.75 Å². The van der Waals surface area contributed by atoms with Crippen molar-refractivity contribution in [2.24, 2.45) is 5.92 Å². The topological polar surface area (TPSA) is 9.23 Å². The van der Waals surface area contributed by atoms with Crippen LogP contribution in [0.1, 0.15) is 25.8 Å². The van der Waals surface area contributed by atoms with Crippen LogP contribution >= 0.6 is 0 Å². The zero-order valence-electron chi connectivity index (χ0n) is 8.59. The molecule has 2 heteroatoms. The summed E-state index contributed by atoms with van der Waals surface area (Å²) in [4.78, 5) is 0. The number of hydrogen-bond acceptors (Lipinski definition) is 1. The highest BCUT2D eigenvalue weighted by atomic mass is 19.1. The minimum atomic E-state index is -0.171. The van der Waals surface area contributed by atoms with Crippen molar-refractivity contribution < 1.29 is 9.13 Å². The third kappa shape index (κ3) is 1.74. The second-order valence-corrected chi connectivity index (χ2v) is 4.19. The molecule has 76 valence electrons. The van der Waals surface area contributed by atoms with Crippen LogP contribution in [0.3, 0.4) is 0 Å². The van der Waals surface area contributed by atoms with Crippen LogP contribution in [0.4, 0.5) is 4.39 Å². The van der Waals surface area contributed by atoms with Crippen LogP contribution in [0, 0.1) is 11.7 Å². The van der Waals surface area contributed by atoms with Crippen molar-refractivity contribution in [2.45, 2.75) is 32.8 Å². The molecular weight excluding hydrogens is 179 g/mol. The summed E-state index contributed by atoms with van der Waals surface area (Å²) in [6.07, 6.45) is 2.21. The van der Waals surface area contributed by atoms with Gasteiger partial charge in [0.05, 0.1) is 0 Å². The maximum atomic E-state index is 12.9. The molecule has 0 bridgehead atoms. The van der Waals surface area contributed by atoms with E-state index in [1.165, 1.54) is 6.07 Å². The molecule has 2 rings (SSSR count). The number of aryl methyl sites for hydroxylation is 1. The average molecular weight is 194 g/mol. The number of fused-ring (bicyclic) bond motifs is 1. The average Bonchev–Trinajstić information content (AvgIpc) is 2.16. The van der Waals surface area contributed by atoms with E-state index in [0.717, 1.165) is 24.2 Å². The van der Waals surface area contributed by atoms with Gasteiger partial charge in [-0.25, -0.2) is 4.39 Å². The highest BCUT2D eigenvalue weighted by Gasteiger charge is 2.22. The van der Waals surface area contributed by atoms with E-state index in [-0.39, 0.29) is 11.9 Å². The molecule has 0 amide bonds. The molecule has 0 N–H and O–H groups in total. The first-order chi connectivity index (χ1) is 6.66. The number of ether oxygens (including phenoxy) is 1. The number of rotatable bonds is 1. The summed E-state index contributed by atoms with van der Waals surface area (Å²) in [5.41, 5.74) is 1.00. The van der Waals surface area contributed by atoms with Crippen LogP contribution in [0.25, 0.3) is 0 Å². The molecule has 0 aliphatic carbocycles. The minimum absolute atomic E-state index is 0.171. The van der Waals surface area contributed by atoms with E-state index < -0.39 is 0 Å². The van der Waals surface area contributed by atoms with Gasteiger partial charge in [-0.1, -0.05) is 13.8 Å². The van der Waals surface area contributed by atoms with Crippen LogP contribution in [-0.4, -0.2) is 6.10 Å². The molecule has 14 heavy (non-hydrogen) atoms. The zero-order chi connectivity index (χ0) is 10.1. The fourth-order valence-corrected chi connectivity index (χ4v) is 1.85. The molecule has 1 heterocycles. The van der Waals surface area contributed by atoms with Crippen LogP contribution in [0.2, 0.25) is 0 Å². The molecular formula is C12H15FO. The second kappa shape index (κ2) is 3.60. The van der Waals surface area contributed by atoms with Gasteiger partial charge in [-0.2, -0.15) is 0 Å². The van der Waals surface area contributed by atoms with Gasteiger partial charge in [-0.15, -0.1) is 0 Å². The van der Waals surface area contributed by atoms with Gasteiger partial charge in [0.25, 0.3) is 0 Å². The molecule has 1 aromatic carbocycles. The summed E-state index contributed by atoms with van der Waals surface area (Å²) in [6.45, 7) is 4.30. The Labute approximate surface area is 83.9 Å². The van der Waals surface area contributed by atoms with Crippen LogP contribution < -0.4 is 4.74 Å². The van der Waals surface area contributed by atoms with Crippen molar-refractivity contribution in [3.05, 3.63) is 29.6 Å². The lowest BCUT2D eigenvalue weighted by molar-refractivity contribution is 0.127. The number of benzene rings is 1. The Balaban J connectivity index is 2.23. The second-order valence-electron chi connectivity index (χ2n) is 4.19. The molecule has 1 aliphatic rings. The zero-order valence-corrected chi connectivity index (χ0v) is 8.59. The Morgan fingerprint density at radius 2 is 2.21 bits per heavy atom. The summed E-state index contributed by atoms with van der Waals surface area (Å²) < 4.78 is 18.7. The minimum Gasteiger partial charge on any atom is -0.490 e. The molecule has 1 atom stereocenters. The van der Waals surface area contributed by atoms with Crippen LogP contribution in [0.15, 0.2) is 18.2 Å². The molecule has 0 saturated carbocycles. The van der Waals surface area contributed by atoms with Gasteiger partial charge in [-0.3, -0.25) is 0 Å². The lowest BCUT2D eigenvalue weighted by Crippen LogP contribution is -2.27. The highest BCUT2D eigenvalue weighted by Crippen LogP contribution is 2.30. The predicted molar refractivity (Wildman–Crippen MR) is 54.0 cm³/mol. The lowest BCUT2D eigenvalue weighted by atomic mass is 9.96. The predicted octanol–water partition coefficient (Wildman–Crippen LogP) is 3.18. The molecule has 0 saturated heterocycles. The fourth-order valence-electron chi connectivity index (χ4n) is 1.85. The van der Waals surface area contributed by atoms with Crippen molar-refractivity contribution in [1.29, 1.82) is 0 Å². The van der Waals surface area contributed by atoms with Crippen molar-refractivity contribution in [3.63, 3.8) is 0 Å². The summed E-state index contributed by atoms with van der Waals surface area (Å²) in [5.74, 6) is 1.21. The smallest absolute Gasteiger partial charge is 0.123 e. The van der Waals surface area contributed by atoms with Gasteiger partial charge in [0.15, 0.2) is 0 Å². The summed E-state index contributed by atoms with van der Waals surface area (Å²) in [6, 6.07) is 4.77. The molecule has 1 aliphatic heterocycles.